The summed E-state index contributed by atoms with van der Waals surface area (Å²) in [6, 6.07) is 0. The van der Waals surface area contributed by atoms with E-state index in [1.807, 2.05) is 0 Å². The molecule has 0 aromatic carbocycles. The molecule has 0 bridgehead atoms. The van der Waals surface area contributed by atoms with Gasteiger partial charge in [-0.05, 0) is 25.3 Å². The highest BCUT2D eigenvalue weighted by Gasteiger charge is 2.31. The average molecular weight is 145 g/mol. The summed E-state index contributed by atoms with van der Waals surface area (Å²) < 4.78 is 0. The van der Waals surface area contributed by atoms with Gasteiger partial charge in [0.05, 0.1) is 6.10 Å². The summed E-state index contributed by atoms with van der Waals surface area (Å²) in [4.78, 5) is 0. The van der Waals surface area contributed by atoms with E-state index in [4.69, 9.17) is 10.8 Å². The van der Waals surface area contributed by atoms with Crippen molar-refractivity contribution in [1.82, 2.24) is 0 Å². The molecule has 0 radical (unpaired) electrons. The Morgan fingerprint density at radius 1 is 1.40 bits per heavy atom. The fraction of sp³-hybridized carbons (Fsp3) is 1.00. The van der Waals surface area contributed by atoms with Crippen molar-refractivity contribution >= 4 is 0 Å². The molecule has 0 aromatic heterocycles. The van der Waals surface area contributed by atoms with Crippen LogP contribution in [0.5, 0.6) is 0 Å². The summed E-state index contributed by atoms with van der Waals surface area (Å²) >= 11 is 0. The summed E-state index contributed by atoms with van der Waals surface area (Å²) in [5.74, 6) is 0.501. The highest BCUT2D eigenvalue weighted by Crippen LogP contribution is 2.29. The normalized spacial score (nSPS) is 40.5. The molecule has 1 rings (SSSR count). The molecule has 1 aliphatic carbocycles. The number of aliphatic hydroxyl groups is 2. The number of rotatable bonds is 2. The Bertz CT molecular complexity index is 108. The molecule has 0 spiro atoms. The fourth-order valence-corrected chi connectivity index (χ4v) is 1.60. The van der Waals surface area contributed by atoms with Crippen LogP contribution in [-0.4, -0.2) is 29.5 Å². The van der Waals surface area contributed by atoms with E-state index in [0.29, 0.717) is 12.5 Å². The second kappa shape index (κ2) is 3.32. The number of hydrogen-bond donors (Lipinski definition) is 3. The zero-order valence-corrected chi connectivity index (χ0v) is 6.03. The molecule has 0 saturated heterocycles. The lowest BCUT2D eigenvalue weighted by Gasteiger charge is -2.08. The lowest BCUT2D eigenvalue weighted by Crippen LogP contribution is -2.16. The lowest BCUT2D eigenvalue weighted by atomic mass is 10.1. The number of hydrogen-bond acceptors (Lipinski definition) is 3. The van der Waals surface area contributed by atoms with Gasteiger partial charge >= 0.3 is 0 Å². The Morgan fingerprint density at radius 2 is 2.10 bits per heavy atom. The maximum Gasteiger partial charge on any atom is 0.0593 e. The third-order valence-electron chi connectivity index (χ3n) is 2.32. The highest BCUT2D eigenvalue weighted by atomic mass is 16.3. The quantitative estimate of drug-likeness (QED) is 0.482. The van der Waals surface area contributed by atoms with Crippen molar-refractivity contribution in [3.05, 3.63) is 0 Å². The van der Waals surface area contributed by atoms with Gasteiger partial charge in [-0.1, -0.05) is 0 Å². The fourth-order valence-electron chi connectivity index (χ4n) is 1.60. The first-order chi connectivity index (χ1) is 4.77. The van der Waals surface area contributed by atoms with Crippen LogP contribution in [0.15, 0.2) is 0 Å². The number of nitrogens with two attached hydrogens (primary N) is 1. The predicted molar refractivity (Wildman–Crippen MR) is 38.4 cm³/mol. The van der Waals surface area contributed by atoms with Gasteiger partial charge in [-0.15, -0.1) is 0 Å². The molecular weight excluding hydrogens is 130 g/mol. The average Bonchev–Trinajstić information content (AvgIpc) is 2.30. The van der Waals surface area contributed by atoms with E-state index in [0.717, 1.165) is 12.8 Å². The van der Waals surface area contributed by atoms with Crippen molar-refractivity contribution in [2.45, 2.75) is 18.9 Å². The Morgan fingerprint density at radius 3 is 2.40 bits per heavy atom. The van der Waals surface area contributed by atoms with E-state index >= 15 is 0 Å². The van der Waals surface area contributed by atoms with Crippen molar-refractivity contribution in [2.24, 2.45) is 17.6 Å². The van der Waals surface area contributed by atoms with Gasteiger partial charge in [0.25, 0.3) is 0 Å². The van der Waals surface area contributed by atoms with E-state index in [1.165, 1.54) is 0 Å². The zero-order valence-electron chi connectivity index (χ0n) is 6.03. The minimum Gasteiger partial charge on any atom is -0.396 e. The summed E-state index contributed by atoms with van der Waals surface area (Å²) in [5, 5.41) is 18.0. The van der Waals surface area contributed by atoms with Crippen LogP contribution in [0.2, 0.25) is 0 Å². The van der Waals surface area contributed by atoms with Crippen LogP contribution in [0, 0.1) is 11.8 Å². The van der Waals surface area contributed by atoms with Crippen molar-refractivity contribution < 1.29 is 10.2 Å². The first-order valence-electron chi connectivity index (χ1n) is 3.77. The van der Waals surface area contributed by atoms with E-state index in [-0.39, 0.29) is 18.6 Å². The van der Waals surface area contributed by atoms with Crippen molar-refractivity contribution in [3.8, 4) is 0 Å². The van der Waals surface area contributed by atoms with Crippen LogP contribution >= 0.6 is 0 Å². The molecule has 3 nitrogen and oxygen atoms in total. The molecule has 0 heterocycles. The monoisotopic (exact) mass is 145 g/mol. The molecule has 4 N–H and O–H groups in total. The largest absolute Gasteiger partial charge is 0.396 e. The molecule has 1 fully saturated rings. The summed E-state index contributed by atoms with van der Waals surface area (Å²) in [5.41, 5.74) is 5.42. The lowest BCUT2D eigenvalue weighted by molar-refractivity contribution is 0.0906. The third-order valence-corrected chi connectivity index (χ3v) is 2.32. The molecule has 3 atom stereocenters. The van der Waals surface area contributed by atoms with Crippen LogP contribution in [0.25, 0.3) is 0 Å². The third kappa shape index (κ3) is 1.48. The molecule has 3 heteroatoms. The van der Waals surface area contributed by atoms with Crippen molar-refractivity contribution in [1.29, 1.82) is 0 Å². The molecule has 1 unspecified atom stereocenters. The van der Waals surface area contributed by atoms with Gasteiger partial charge in [0, 0.05) is 12.5 Å². The maximum atomic E-state index is 9.27. The van der Waals surface area contributed by atoms with Gasteiger partial charge < -0.3 is 15.9 Å². The standard InChI is InChI=1S/C7H15NO2/c8-3-5-1-6(4-9)7(10)2-5/h5-7,9-10H,1-4,8H2/t5-,6-,7?/m0/s1. The van der Waals surface area contributed by atoms with Crippen molar-refractivity contribution in [3.63, 3.8) is 0 Å². The van der Waals surface area contributed by atoms with E-state index in [1.54, 1.807) is 0 Å². The van der Waals surface area contributed by atoms with Crippen molar-refractivity contribution in [2.75, 3.05) is 13.2 Å². The summed E-state index contributed by atoms with van der Waals surface area (Å²) in [6.45, 7) is 0.727. The van der Waals surface area contributed by atoms with Crippen LogP contribution in [-0.2, 0) is 0 Å². The van der Waals surface area contributed by atoms with Gasteiger partial charge in [-0.3, -0.25) is 0 Å². The molecule has 1 saturated carbocycles. The molecular formula is C7H15NO2. The Kier molecular flexibility index (Phi) is 2.65. The molecule has 0 amide bonds. The van der Waals surface area contributed by atoms with Gasteiger partial charge in [0.1, 0.15) is 0 Å². The van der Waals surface area contributed by atoms with Gasteiger partial charge in [0.15, 0.2) is 0 Å². The van der Waals surface area contributed by atoms with Crippen LogP contribution < -0.4 is 5.73 Å². The first-order valence-corrected chi connectivity index (χ1v) is 3.77. The van der Waals surface area contributed by atoms with Gasteiger partial charge in [0.2, 0.25) is 0 Å². The maximum absolute atomic E-state index is 9.27. The second-order valence-electron chi connectivity index (χ2n) is 3.08. The molecule has 10 heavy (non-hydrogen) atoms. The number of aliphatic hydroxyl groups excluding tert-OH is 2. The highest BCUT2D eigenvalue weighted by molar-refractivity contribution is 4.82. The van der Waals surface area contributed by atoms with E-state index in [2.05, 4.69) is 0 Å². The van der Waals surface area contributed by atoms with Crippen LogP contribution in [0.1, 0.15) is 12.8 Å². The van der Waals surface area contributed by atoms with Crippen LogP contribution in [0.4, 0.5) is 0 Å². The molecule has 1 aliphatic rings. The minimum absolute atomic E-state index is 0.0774. The van der Waals surface area contributed by atoms with E-state index in [9.17, 15) is 5.11 Å². The Balaban J connectivity index is 2.36. The Hall–Kier alpha value is -0.120. The van der Waals surface area contributed by atoms with Crippen LogP contribution in [0.3, 0.4) is 0 Å². The van der Waals surface area contributed by atoms with Gasteiger partial charge in [-0.2, -0.15) is 0 Å². The predicted octanol–water partition coefficient (Wildman–Crippen LogP) is -0.676. The minimum atomic E-state index is -0.321. The SMILES string of the molecule is NC[C@@H]1CC(O)[C@H](CO)C1. The second-order valence-corrected chi connectivity index (χ2v) is 3.08. The summed E-state index contributed by atoms with van der Waals surface area (Å²) in [7, 11) is 0. The first kappa shape index (κ1) is 7.98. The molecule has 0 aliphatic heterocycles. The zero-order chi connectivity index (χ0) is 7.56. The topological polar surface area (TPSA) is 66.5 Å². The Labute approximate surface area is 60.9 Å². The molecule has 0 aromatic rings. The van der Waals surface area contributed by atoms with Gasteiger partial charge in [-0.25, -0.2) is 0 Å². The smallest absolute Gasteiger partial charge is 0.0593 e. The summed E-state index contributed by atoms with van der Waals surface area (Å²) in [6.07, 6.45) is 1.33. The molecule has 60 valence electrons. The van der Waals surface area contributed by atoms with E-state index < -0.39 is 0 Å².